The number of carbonyl (C=O) groups is 1. The summed E-state index contributed by atoms with van der Waals surface area (Å²) in [4.78, 5) is 12.0. The predicted octanol–water partition coefficient (Wildman–Crippen LogP) is 4.45. The maximum absolute atomic E-state index is 12.3. The molecule has 2 rings (SSSR count). The van der Waals surface area contributed by atoms with Gasteiger partial charge in [0.2, 0.25) is 5.91 Å². The van der Waals surface area contributed by atoms with E-state index in [4.69, 9.17) is 4.74 Å². The highest BCUT2D eigenvalue weighted by Crippen LogP contribution is 2.30. The average Bonchev–Trinajstić information content (AvgIpc) is 2.91. The first-order valence-corrected chi connectivity index (χ1v) is 7.43. The van der Waals surface area contributed by atoms with Gasteiger partial charge in [0.1, 0.15) is 5.75 Å². The predicted molar refractivity (Wildman–Crippen MR) is 77.9 cm³/mol. The Labute approximate surface area is 127 Å². The van der Waals surface area contributed by atoms with Crippen LogP contribution in [0.2, 0.25) is 0 Å². The van der Waals surface area contributed by atoms with Crippen LogP contribution in [0, 0.1) is 12.8 Å². The normalized spacial score (nSPS) is 15.8. The van der Waals surface area contributed by atoms with Crippen LogP contribution in [0.25, 0.3) is 0 Å². The van der Waals surface area contributed by atoms with Crippen molar-refractivity contribution in [2.45, 2.75) is 45.2 Å². The molecule has 1 aromatic rings. The van der Waals surface area contributed by atoms with Gasteiger partial charge in [-0.25, -0.2) is 0 Å². The second-order valence-corrected chi connectivity index (χ2v) is 5.81. The first-order valence-electron chi connectivity index (χ1n) is 7.43. The Balaban J connectivity index is 2.00. The minimum atomic E-state index is -4.41. The van der Waals surface area contributed by atoms with E-state index in [1.165, 1.54) is 6.07 Å². The third-order valence-electron chi connectivity index (χ3n) is 3.75. The number of amides is 1. The van der Waals surface area contributed by atoms with E-state index in [2.05, 4.69) is 5.32 Å². The van der Waals surface area contributed by atoms with E-state index in [-0.39, 0.29) is 17.3 Å². The Morgan fingerprint density at radius 1 is 1.32 bits per heavy atom. The molecule has 0 bridgehead atoms. The SMILES string of the molecule is Cc1ccc(NC(=O)CC2CCCC2)c(OCC(F)(F)F)c1. The molecule has 1 N–H and O–H groups in total. The lowest BCUT2D eigenvalue weighted by atomic mass is 10.0. The fourth-order valence-electron chi connectivity index (χ4n) is 2.69. The molecule has 22 heavy (non-hydrogen) atoms. The van der Waals surface area contributed by atoms with E-state index in [1.807, 2.05) is 0 Å². The highest BCUT2D eigenvalue weighted by Gasteiger charge is 2.29. The zero-order valence-corrected chi connectivity index (χ0v) is 12.5. The number of ether oxygens (including phenoxy) is 1. The summed E-state index contributed by atoms with van der Waals surface area (Å²) in [5, 5.41) is 2.67. The summed E-state index contributed by atoms with van der Waals surface area (Å²) in [5.41, 5.74) is 1.06. The van der Waals surface area contributed by atoms with Gasteiger partial charge < -0.3 is 10.1 Å². The molecule has 1 aliphatic carbocycles. The largest absolute Gasteiger partial charge is 0.482 e. The van der Waals surface area contributed by atoms with E-state index < -0.39 is 12.8 Å². The monoisotopic (exact) mass is 315 g/mol. The molecule has 0 spiro atoms. The number of halogens is 3. The van der Waals surface area contributed by atoms with Crippen molar-refractivity contribution in [1.82, 2.24) is 0 Å². The first kappa shape index (κ1) is 16.6. The second-order valence-electron chi connectivity index (χ2n) is 5.81. The quantitative estimate of drug-likeness (QED) is 0.871. The number of benzene rings is 1. The van der Waals surface area contributed by atoms with E-state index in [0.717, 1.165) is 31.2 Å². The molecule has 0 saturated heterocycles. The molecular weight excluding hydrogens is 295 g/mol. The number of aryl methyl sites for hydroxylation is 1. The zero-order chi connectivity index (χ0) is 16.2. The molecule has 0 aromatic heterocycles. The summed E-state index contributed by atoms with van der Waals surface area (Å²) in [6.45, 7) is 0.381. The number of anilines is 1. The molecular formula is C16H20F3NO2. The van der Waals surface area contributed by atoms with Crippen LogP contribution in [0.3, 0.4) is 0 Å². The number of rotatable bonds is 5. The Bertz CT molecular complexity index is 523. The summed E-state index contributed by atoms with van der Waals surface area (Å²) in [6.07, 6.45) is 0.365. The minimum absolute atomic E-state index is 0.0529. The third-order valence-corrected chi connectivity index (χ3v) is 3.75. The van der Waals surface area contributed by atoms with Gasteiger partial charge in [0.05, 0.1) is 5.69 Å². The number of hydrogen-bond acceptors (Lipinski definition) is 2. The van der Waals surface area contributed by atoms with Gasteiger partial charge in [-0.2, -0.15) is 13.2 Å². The van der Waals surface area contributed by atoms with Gasteiger partial charge in [-0.3, -0.25) is 4.79 Å². The molecule has 0 heterocycles. The maximum atomic E-state index is 12.3. The van der Waals surface area contributed by atoms with Crippen LogP contribution >= 0.6 is 0 Å². The highest BCUT2D eigenvalue weighted by atomic mass is 19.4. The van der Waals surface area contributed by atoms with Crippen molar-refractivity contribution >= 4 is 11.6 Å². The summed E-state index contributed by atoms with van der Waals surface area (Å²) >= 11 is 0. The topological polar surface area (TPSA) is 38.3 Å². The molecule has 1 aliphatic rings. The van der Waals surface area contributed by atoms with Crippen LogP contribution < -0.4 is 10.1 Å². The molecule has 3 nitrogen and oxygen atoms in total. The van der Waals surface area contributed by atoms with Crippen LogP contribution in [0.15, 0.2) is 18.2 Å². The molecule has 0 atom stereocenters. The molecule has 0 radical (unpaired) electrons. The molecule has 1 amide bonds. The molecule has 1 aromatic carbocycles. The number of nitrogens with one attached hydrogen (secondary N) is 1. The van der Waals surface area contributed by atoms with Gasteiger partial charge in [-0.05, 0) is 43.4 Å². The minimum Gasteiger partial charge on any atom is -0.482 e. The van der Waals surface area contributed by atoms with Crippen LogP contribution in [0.5, 0.6) is 5.75 Å². The lowest BCUT2D eigenvalue weighted by molar-refractivity contribution is -0.153. The van der Waals surface area contributed by atoms with Crippen LogP contribution in [0.4, 0.5) is 18.9 Å². The molecule has 0 unspecified atom stereocenters. The van der Waals surface area contributed by atoms with Crippen molar-refractivity contribution in [2.75, 3.05) is 11.9 Å². The van der Waals surface area contributed by atoms with Gasteiger partial charge in [0.15, 0.2) is 6.61 Å². The van der Waals surface area contributed by atoms with Gasteiger partial charge in [-0.15, -0.1) is 0 Å². The fourth-order valence-corrected chi connectivity index (χ4v) is 2.69. The van der Waals surface area contributed by atoms with Gasteiger partial charge in [-0.1, -0.05) is 18.9 Å². The third kappa shape index (κ3) is 5.24. The standard InChI is InChI=1S/C16H20F3NO2/c1-11-6-7-13(14(8-11)22-10-16(17,18)19)20-15(21)9-12-4-2-3-5-12/h6-8,12H,2-5,9-10H2,1H3,(H,20,21). The van der Waals surface area contributed by atoms with Crippen molar-refractivity contribution in [3.8, 4) is 5.75 Å². The van der Waals surface area contributed by atoms with Gasteiger partial charge in [0.25, 0.3) is 0 Å². The van der Waals surface area contributed by atoms with E-state index in [0.29, 0.717) is 12.3 Å². The second kappa shape index (κ2) is 7.03. The van der Waals surface area contributed by atoms with Crippen LogP contribution in [0.1, 0.15) is 37.7 Å². The first-order chi connectivity index (χ1) is 10.3. The Morgan fingerprint density at radius 2 is 2.00 bits per heavy atom. The van der Waals surface area contributed by atoms with Gasteiger partial charge >= 0.3 is 6.18 Å². The van der Waals surface area contributed by atoms with Crippen molar-refractivity contribution < 1.29 is 22.7 Å². The Morgan fingerprint density at radius 3 is 2.64 bits per heavy atom. The molecule has 6 heteroatoms. The van der Waals surface area contributed by atoms with E-state index >= 15 is 0 Å². The van der Waals surface area contributed by atoms with Crippen molar-refractivity contribution in [3.05, 3.63) is 23.8 Å². The smallest absolute Gasteiger partial charge is 0.422 e. The zero-order valence-electron chi connectivity index (χ0n) is 12.5. The average molecular weight is 315 g/mol. The Kier molecular flexibility index (Phi) is 5.32. The summed E-state index contributed by atoms with van der Waals surface area (Å²) < 4.78 is 41.7. The maximum Gasteiger partial charge on any atom is 0.422 e. The molecule has 0 aliphatic heterocycles. The molecule has 122 valence electrons. The van der Waals surface area contributed by atoms with Crippen molar-refractivity contribution in [2.24, 2.45) is 5.92 Å². The summed E-state index contributed by atoms with van der Waals surface area (Å²) in [6, 6.07) is 4.80. The molecule has 1 fully saturated rings. The molecule has 1 saturated carbocycles. The highest BCUT2D eigenvalue weighted by molar-refractivity contribution is 5.92. The summed E-state index contributed by atoms with van der Waals surface area (Å²) in [5.74, 6) is 0.259. The fraction of sp³-hybridized carbons (Fsp3) is 0.562. The lowest BCUT2D eigenvalue weighted by Crippen LogP contribution is -2.21. The Hall–Kier alpha value is -1.72. The summed E-state index contributed by atoms with van der Waals surface area (Å²) in [7, 11) is 0. The van der Waals surface area contributed by atoms with Crippen molar-refractivity contribution in [1.29, 1.82) is 0 Å². The van der Waals surface area contributed by atoms with E-state index in [1.54, 1.807) is 19.1 Å². The van der Waals surface area contributed by atoms with E-state index in [9.17, 15) is 18.0 Å². The lowest BCUT2D eigenvalue weighted by Gasteiger charge is -2.15. The van der Waals surface area contributed by atoms with Crippen LogP contribution in [-0.2, 0) is 4.79 Å². The van der Waals surface area contributed by atoms with Crippen LogP contribution in [-0.4, -0.2) is 18.7 Å². The number of hydrogen-bond donors (Lipinski definition) is 1. The van der Waals surface area contributed by atoms with Crippen molar-refractivity contribution in [3.63, 3.8) is 0 Å². The number of carbonyl (C=O) groups excluding carboxylic acids is 1. The van der Waals surface area contributed by atoms with Gasteiger partial charge in [0, 0.05) is 6.42 Å². The number of alkyl halides is 3.